The molecule has 2 rings (SSSR count). The SMILES string of the molecule is CC1=NOC2(CCCN(C)C2)C1. The molecule has 0 bridgehead atoms. The first kappa shape index (κ1) is 8.05. The third-order valence-corrected chi connectivity index (χ3v) is 2.70. The summed E-state index contributed by atoms with van der Waals surface area (Å²) in [6, 6.07) is 0. The molecule has 0 N–H and O–H groups in total. The second-order valence-corrected chi connectivity index (χ2v) is 4.12. The fourth-order valence-electron chi connectivity index (χ4n) is 2.25. The van der Waals surface area contributed by atoms with Crippen LogP contribution in [0.4, 0.5) is 0 Å². The van der Waals surface area contributed by atoms with Crippen LogP contribution in [0.3, 0.4) is 0 Å². The topological polar surface area (TPSA) is 24.8 Å². The van der Waals surface area contributed by atoms with Crippen LogP contribution in [0.1, 0.15) is 26.2 Å². The van der Waals surface area contributed by atoms with E-state index in [1.165, 1.54) is 13.0 Å². The molecule has 0 radical (unpaired) electrons. The predicted molar refractivity (Wildman–Crippen MR) is 48.3 cm³/mol. The third kappa shape index (κ3) is 1.33. The maximum atomic E-state index is 5.51. The van der Waals surface area contributed by atoms with Crippen molar-refractivity contribution in [1.29, 1.82) is 0 Å². The Balaban J connectivity index is 2.03. The average molecular weight is 168 g/mol. The van der Waals surface area contributed by atoms with Crippen LogP contribution < -0.4 is 0 Å². The van der Waals surface area contributed by atoms with Crippen LogP contribution in [0.15, 0.2) is 5.16 Å². The van der Waals surface area contributed by atoms with Gasteiger partial charge < -0.3 is 9.74 Å². The molecule has 0 aromatic carbocycles. The zero-order chi connectivity index (χ0) is 8.60. The molecule has 1 unspecified atom stereocenters. The lowest BCUT2D eigenvalue weighted by molar-refractivity contribution is -0.0631. The van der Waals surface area contributed by atoms with Gasteiger partial charge in [-0.05, 0) is 33.4 Å². The Hall–Kier alpha value is -0.570. The molecule has 0 saturated carbocycles. The molecule has 1 fully saturated rings. The molecule has 1 atom stereocenters. The Kier molecular flexibility index (Phi) is 1.83. The van der Waals surface area contributed by atoms with E-state index in [9.17, 15) is 0 Å². The van der Waals surface area contributed by atoms with E-state index in [2.05, 4.69) is 17.1 Å². The van der Waals surface area contributed by atoms with Gasteiger partial charge in [0.1, 0.15) is 0 Å². The van der Waals surface area contributed by atoms with Gasteiger partial charge in [-0.3, -0.25) is 0 Å². The zero-order valence-corrected chi connectivity index (χ0v) is 7.84. The van der Waals surface area contributed by atoms with Gasteiger partial charge >= 0.3 is 0 Å². The molecule has 0 amide bonds. The van der Waals surface area contributed by atoms with Gasteiger partial charge in [-0.2, -0.15) is 0 Å². The zero-order valence-electron chi connectivity index (χ0n) is 7.84. The van der Waals surface area contributed by atoms with Crippen LogP contribution in [0, 0.1) is 0 Å². The van der Waals surface area contributed by atoms with E-state index in [0.717, 1.165) is 25.1 Å². The molecule has 0 aromatic heterocycles. The summed E-state index contributed by atoms with van der Waals surface area (Å²) < 4.78 is 0. The molecule has 0 aromatic rings. The first-order valence-electron chi connectivity index (χ1n) is 4.60. The van der Waals surface area contributed by atoms with Crippen molar-refractivity contribution in [3.8, 4) is 0 Å². The number of hydrogen-bond donors (Lipinski definition) is 0. The van der Waals surface area contributed by atoms with Crippen LogP contribution >= 0.6 is 0 Å². The predicted octanol–water partition coefficient (Wildman–Crippen LogP) is 1.25. The second-order valence-electron chi connectivity index (χ2n) is 4.12. The van der Waals surface area contributed by atoms with Crippen molar-refractivity contribution in [1.82, 2.24) is 4.90 Å². The first-order valence-corrected chi connectivity index (χ1v) is 4.60. The standard InChI is InChI=1S/C9H16N2O/c1-8-6-9(12-10-8)4-3-5-11(2)7-9/h3-7H2,1-2H3. The summed E-state index contributed by atoms with van der Waals surface area (Å²) in [5.74, 6) is 0. The Morgan fingerprint density at radius 3 is 3.00 bits per heavy atom. The number of likely N-dealkylation sites (N-methyl/N-ethyl adjacent to an activating group) is 1. The summed E-state index contributed by atoms with van der Waals surface area (Å²) >= 11 is 0. The number of rotatable bonds is 0. The summed E-state index contributed by atoms with van der Waals surface area (Å²) in [5, 5.41) is 4.04. The number of piperidine rings is 1. The van der Waals surface area contributed by atoms with E-state index in [0.29, 0.717) is 0 Å². The Labute approximate surface area is 73.4 Å². The van der Waals surface area contributed by atoms with Crippen LogP contribution in [-0.2, 0) is 4.84 Å². The average Bonchev–Trinajstić information content (AvgIpc) is 2.32. The molecule has 3 heteroatoms. The van der Waals surface area contributed by atoms with Crippen molar-refractivity contribution in [2.75, 3.05) is 20.1 Å². The number of oxime groups is 1. The molecule has 1 saturated heterocycles. The third-order valence-electron chi connectivity index (χ3n) is 2.70. The van der Waals surface area contributed by atoms with Crippen molar-refractivity contribution in [2.45, 2.75) is 31.8 Å². The minimum Gasteiger partial charge on any atom is -0.388 e. The van der Waals surface area contributed by atoms with E-state index in [-0.39, 0.29) is 5.60 Å². The molecule has 2 aliphatic heterocycles. The minimum atomic E-state index is 0.0388. The molecular formula is C9H16N2O. The highest BCUT2D eigenvalue weighted by Crippen LogP contribution is 2.32. The van der Waals surface area contributed by atoms with Gasteiger partial charge in [0.2, 0.25) is 0 Å². The highest BCUT2D eigenvalue weighted by Gasteiger charge is 2.40. The van der Waals surface area contributed by atoms with E-state index in [1.807, 2.05) is 6.92 Å². The summed E-state index contributed by atoms with van der Waals surface area (Å²) in [6.45, 7) is 4.28. The summed E-state index contributed by atoms with van der Waals surface area (Å²) in [5.41, 5.74) is 1.18. The van der Waals surface area contributed by atoms with E-state index >= 15 is 0 Å². The maximum Gasteiger partial charge on any atom is 0.155 e. The van der Waals surface area contributed by atoms with Crippen molar-refractivity contribution >= 4 is 5.71 Å². The Morgan fingerprint density at radius 2 is 2.42 bits per heavy atom. The quantitative estimate of drug-likeness (QED) is 0.543. The fourth-order valence-corrected chi connectivity index (χ4v) is 2.25. The number of likely N-dealkylation sites (tertiary alicyclic amines) is 1. The van der Waals surface area contributed by atoms with Crippen LogP contribution in [0.25, 0.3) is 0 Å². The highest BCUT2D eigenvalue weighted by atomic mass is 16.7. The lowest BCUT2D eigenvalue weighted by atomic mass is 9.89. The van der Waals surface area contributed by atoms with Crippen molar-refractivity contribution in [3.05, 3.63) is 0 Å². The molecular weight excluding hydrogens is 152 g/mol. The van der Waals surface area contributed by atoms with E-state index in [4.69, 9.17) is 4.84 Å². The fraction of sp³-hybridized carbons (Fsp3) is 0.889. The number of nitrogens with zero attached hydrogens (tertiary/aromatic N) is 2. The van der Waals surface area contributed by atoms with Gasteiger partial charge in [0.15, 0.2) is 5.60 Å². The lowest BCUT2D eigenvalue weighted by Gasteiger charge is -2.36. The van der Waals surface area contributed by atoms with Gasteiger partial charge in [0.25, 0.3) is 0 Å². The smallest absolute Gasteiger partial charge is 0.155 e. The van der Waals surface area contributed by atoms with Gasteiger partial charge in [-0.1, -0.05) is 5.16 Å². The lowest BCUT2D eigenvalue weighted by Crippen LogP contribution is -2.46. The molecule has 1 spiro atoms. The molecule has 0 aliphatic carbocycles. The van der Waals surface area contributed by atoms with Crippen molar-refractivity contribution in [2.24, 2.45) is 5.16 Å². The molecule has 68 valence electrons. The van der Waals surface area contributed by atoms with Crippen LogP contribution in [-0.4, -0.2) is 36.3 Å². The van der Waals surface area contributed by atoms with Gasteiger partial charge in [-0.15, -0.1) is 0 Å². The summed E-state index contributed by atoms with van der Waals surface area (Å²) in [7, 11) is 2.15. The van der Waals surface area contributed by atoms with Crippen LogP contribution in [0.2, 0.25) is 0 Å². The summed E-state index contributed by atoms with van der Waals surface area (Å²) in [4.78, 5) is 7.84. The summed E-state index contributed by atoms with van der Waals surface area (Å²) in [6.07, 6.45) is 3.43. The van der Waals surface area contributed by atoms with Gasteiger partial charge in [0, 0.05) is 13.0 Å². The maximum absolute atomic E-state index is 5.51. The van der Waals surface area contributed by atoms with Crippen molar-refractivity contribution < 1.29 is 4.84 Å². The normalized spacial score (nSPS) is 36.7. The highest BCUT2D eigenvalue weighted by molar-refractivity contribution is 5.83. The van der Waals surface area contributed by atoms with E-state index in [1.54, 1.807) is 0 Å². The van der Waals surface area contributed by atoms with Crippen LogP contribution in [0.5, 0.6) is 0 Å². The molecule has 12 heavy (non-hydrogen) atoms. The second kappa shape index (κ2) is 2.73. The number of hydrogen-bond acceptors (Lipinski definition) is 3. The Morgan fingerprint density at radius 1 is 1.58 bits per heavy atom. The monoisotopic (exact) mass is 168 g/mol. The Bertz CT molecular complexity index is 215. The van der Waals surface area contributed by atoms with Gasteiger partial charge in [-0.25, -0.2) is 0 Å². The minimum absolute atomic E-state index is 0.0388. The van der Waals surface area contributed by atoms with Crippen molar-refractivity contribution in [3.63, 3.8) is 0 Å². The molecule has 3 nitrogen and oxygen atoms in total. The van der Waals surface area contributed by atoms with E-state index < -0.39 is 0 Å². The first-order chi connectivity index (χ1) is 5.70. The molecule has 2 aliphatic rings. The van der Waals surface area contributed by atoms with Gasteiger partial charge in [0.05, 0.1) is 5.71 Å². The molecule has 2 heterocycles. The largest absolute Gasteiger partial charge is 0.388 e.